The first-order valence-corrected chi connectivity index (χ1v) is 5.12. The van der Waals surface area contributed by atoms with E-state index in [4.69, 9.17) is 5.11 Å². The minimum atomic E-state index is -1.24. The van der Waals surface area contributed by atoms with Gasteiger partial charge in [-0.05, 0) is 31.0 Å². The molecular weight excluding hydrogens is 220 g/mol. The van der Waals surface area contributed by atoms with Crippen LogP contribution >= 0.6 is 0 Å². The fourth-order valence-electron chi connectivity index (χ4n) is 1.68. The summed E-state index contributed by atoms with van der Waals surface area (Å²) in [6, 6.07) is 5.52. The van der Waals surface area contributed by atoms with Gasteiger partial charge in [-0.3, -0.25) is 15.0 Å². The second kappa shape index (κ2) is 3.93. The van der Waals surface area contributed by atoms with Crippen LogP contribution < -0.4 is 5.56 Å². The molecule has 0 atom stereocenters. The molecule has 0 aliphatic rings. The molecule has 2 rings (SSSR count). The van der Waals surface area contributed by atoms with Gasteiger partial charge in [0, 0.05) is 5.56 Å². The van der Waals surface area contributed by atoms with Crippen LogP contribution in [0, 0.1) is 13.8 Å². The molecule has 5 nitrogen and oxygen atoms in total. The van der Waals surface area contributed by atoms with E-state index in [0.717, 1.165) is 11.1 Å². The number of benzene rings is 1. The smallest absolute Gasteiger partial charge is 0.343 e. The Morgan fingerprint density at radius 3 is 2.47 bits per heavy atom. The molecule has 1 aromatic carbocycles. The molecule has 3 N–H and O–H groups in total. The van der Waals surface area contributed by atoms with E-state index >= 15 is 0 Å². The summed E-state index contributed by atoms with van der Waals surface area (Å²) in [7, 11) is 0. The molecule has 0 bridgehead atoms. The number of aromatic carboxylic acids is 1. The van der Waals surface area contributed by atoms with Gasteiger partial charge in [0.05, 0.1) is 5.69 Å². The van der Waals surface area contributed by atoms with Crippen LogP contribution in [0.25, 0.3) is 11.3 Å². The van der Waals surface area contributed by atoms with Gasteiger partial charge in [0.25, 0.3) is 5.56 Å². The molecule has 1 heterocycles. The van der Waals surface area contributed by atoms with Crippen LogP contribution in [0.3, 0.4) is 0 Å². The molecule has 0 radical (unpaired) electrons. The van der Waals surface area contributed by atoms with Crippen LogP contribution in [0.15, 0.2) is 23.0 Å². The minimum Gasteiger partial charge on any atom is -0.477 e. The van der Waals surface area contributed by atoms with Gasteiger partial charge in [0.1, 0.15) is 0 Å². The van der Waals surface area contributed by atoms with Crippen molar-refractivity contribution < 1.29 is 9.90 Å². The summed E-state index contributed by atoms with van der Waals surface area (Å²) in [6.45, 7) is 3.90. The predicted octanol–water partition coefficient (Wildman–Crippen LogP) is 1.69. The molecule has 0 aliphatic heterocycles. The zero-order chi connectivity index (χ0) is 12.6. The SMILES string of the molecule is Cc1ccc(-c2[nH][nH]c(=O)c2C(=O)O)cc1C. The number of aryl methyl sites for hydroxylation is 2. The van der Waals surface area contributed by atoms with Gasteiger partial charge in [0.2, 0.25) is 0 Å². The summed E-state index contributed by atoms with van der Waals surface area (Å²) in [5.41, 5.74) is 2.28. The lowest BCUT2D eigenvalue weighted by atomic mass is 10.0. The molecule has 0 fully saturated rings. The predicted molar refractivity (Wildman–Crippen MR) is 63.3 cm³/mol. The monoisotopic (exact) mass is 232 g/mol. The standard InChI is InChI=1S/C12H12N2O3/c1-6-3-4-8(5-7(6)2)10-9(12(16)17)11(15)14-13-10/h3-5H,1-2H3,(H,16,17)(H2,13,14,15). The Kier molecular flexibility index (Phi) is 2.59. The first-order valence-electron chi connectivity index (χ1n) is 5.12. The minimum absolute atomic E-state index is 0.256. The molecule has 5 heteroatoms. The molecule has 2 aromatic rings. The molecule has 0 unspecified atom stereocenters. The third kappa shape index (κ3) is 1.87. The van der Waals surface area contributed by atoms with Crippen molar-refractivity contribution in [1.29, 1.82) is 0 Å². The molecule has 0 saturated heterocycles. The van der Waals surface area contributed by atoms with Crippen molar-refractivity contribution >= 4 is 5.97 Å². The number of nitrogens with one attached hydrogen (secondary N) is 2. The average molecular weight is 232 g/mol. The van der Waals surface area contributed by atoms with Gasteiger partial charge in [-0.1, -0.05) is 12.1 Å². The number of carboxylic acid groups (broad SMARTS) is 1. The van der Waals surface area contributed by atoms with Crippen molar-refractivity contribution in [2.45, 2.75) is 13.8 Å². The summed E-state index contributed by atoms with van der Waals surface area (Å²) in [6.07, 6.45) is 0. The van der Waals surface area contributed by atoms with Gasteiger partial charge in [-0.25, -0.2) is 4.79 Å². The van der Waals surface area contributed by atoms with Gasteiger partial charge < -0.3 is 5.11 Å². The van der Waals surface area contributed by atoms with Crippen molar-refractivity contribution in [2.24, 2.45) is 0 Å². The van der Waals surface area contributed by atoms with Crippen LogP contribution in [0.1, 0.15) is 21.5 Å². The molecule has 0 aliphatic carbocycles. The Hall–Kier alpha value is -2.30. The molecule has 88 valence electrons. The van der Waals surface area contributed by atoms with Gasteiger partial charge >= 0.3 is 5.97 Å². The van der Waals surface area contributed by atoms with E-state index in [1.165, 1.54) is 0 Å². The second-order valence-electron chi connectivity index (χ2n) is 3.93. The number of aromatic amines is 2. The normalized spacial score (nSPS) is 10.5. The maximum Gasteiger partial charge on any atom is 0.343 e. The highest BCUT2D eigenvalue weighted by atomic mass is 16.4. The number of rotatable bonds is 2. The Morgan fingerprint density at radius 2 is 1.88 bits per heavy atom. The van der Waals surface area contributed by atoms with E-state index in [0.29, 0.717) is 11.3 Å². The second-order valence-corrected chi connectivity index (χ2v) is 3.93. The molecule has 1 aromatic heterocycles. The molecule has 17 heavy (non-hydrogen) atoms. The van der Waals surface area contributed by atoms with Crippen LogP contribution in [0.5, 0.6) is 0 Å². The topological polar surface area (TPSA) is 86.0 Å². The average Bonchev–Trinajstić information content (AvgIpc) is 2.64. The number of hydrogen-bond donors (Lipinski definition) is 3. The van der Waals surface area contributed by atoms with E-state index < -0.39 is 11.5 Å². The number of carboxylic acids is 1. The van der Waals surface area contributed by atoms with Crippen LogP contribution in [-0.2, 0) is 0 Å². The number of H-pyrrole nitrogens is 2. The Bertz CT molecular complexity index is 637. The number of carbonyl (C=O) groups is 1. The van der Waals surface area contributed by atoms with Gasteiger partial charge in [-0.15, -0.1) is 0 Å². The Labute approximate surface area is 97.1 Å². The summed E-state index contributed by atoms with van der Waals surface area (Å²) < 4.78 is 0. The third-order valence-corrected chi connectivity index (χ3v) is 2.79. The lowest BCUT2D eigenvalue weighted by molar-refractivity contribution is 0.0696. The van der Waals surface area contributed by atoms with E-state index in [1.54, 1.807) is 6.07 Å². The van der Waals surface area contributed by atoms with E-state index in [1.807, 2.05) is 26.0 Å². The Morgan fingerprint density at radius 1 is 1.18 bits per heavy atom. The highest BCUT2D eigenvalue weighted by Crippen LogP contribution is 2.21. The fraction of sp³-hybridized carbons (Fsp3) is 0.167. The quantitative estimate of drug-likeness (QED) is 0.736. The number of hydrogen-bond acceptors (Lipinski definition) is 2. The van der Waals surface area contributed by atoms with Gasteiger partial charge in [0.15, 0.2) is 5.56 Å². The van der Waals surface area contributed by atoms with E-state index in [9.17, 15) is 9.59 Å². The van der Waals surface area contributed by atoms with E-state index in [-0.39, 0.29) is 5.56 Å². The zero-order valence-corrected chi connectivity index (χ0v) is 9.50. The van der Waals surface area contributed by atoms with Crippen molar-refractivity contribution in [3.8, 4) is 11.3 Å². The summed E-state index contributed by atoms with van der Waals surface area (Å²) >= 11 is 0. The molecule has 0 amide bonds. The van der Waals surface area contributed by atoms with Crippen molar-refractivity contribution in [3.05, 3.63) is 45.2 Å². The van der Waals surface area contributed by atoms with Crippen LogP contribution in [-0.4, -0.2) is 21.3 Å². The van der Waals surface area contributed by atoms with Crippen molar-refractivity contribution in [3.63, 3.8) is 0 Å². The van der Waals surface area contributed by atoms with Crippen molar-refractivity contribution in [1.82, 2.24) is 10.2 Å². The molecule has 0 saturated carbocycles. The van der Waals surface area contributed by atoms with Crippen LogP contribution in [0.2, 0.25) is 0 Å². The first-order chi connectivity index (χ1) is 8.00. The molecular formula is C12H12N2O3. The summed E-state index contributed by atoms with van der Waals surface area (Å²) in [4.78, 5) is 22.3. The lowest BCUT2D eigenvalue weighted by Crippen LogP contribution is -2.12. The van der Waals surface area contributed by atoms with Gasteiger partial charge in [-0.2, -0.15) is 0 Å². The maximum absolute atomic E-state index is 11.3. The third-order valence-electron chi connectivity index (χ3n) is 2.79. The Balaban J connectivity index is 2.65. The zero-order valence-electron chi connectivity index (χ0n) is 9.50. The van der Waals surface area contributed by atoms with Crippen molar-refractivity contribution in [2.75, 3.05) is 0 Å². The summed E-state index contributed by atoms with van der Waals surface area (Å²) in [5, 5.41) is 13.9. The summed E-state index contributed by atoms with van der Waals surface area (Å²) in [5.74, 6) is -1.24. The highest BCUT2D eigenvalue weighted by Gasteiger charge is 2.18. The highest BCUT2D eigenvalue weighted by molar-refractivity contribution is 5.94. The largest absolute Gasteiger partial charge is 0.477 e. The fourth-order valence-corrected chi connectivity index (χ4v) is 1.68. The van der Waals surface area contributed by atoms with E-state index in [2.05, 4.69) is 10.2 Å². The van der Waals surface area contributed by atoms with Crippen LogP contribution in [0.4, 0.5) is 0 Å². The maximum atomic E-state index is 11.3. The lowest BCUT2D eigenvalue weighted by Gasteiger charge is -2.04. The first kappa shape index (κ1) is 11.2. The number of aromatic nitrogens is 2. The molecule has 0 spiro atoms.